The highest BCUT2D eigenvalue weighted by molar-refractivity contribution is 6.00. The Balaban J connectivity index is 1.11. The molecule has 0 unspecified atom stereocenters. The number of anilines is 1. The number of aliphatic hydroxyl groups is 2. The molecule has 0 radical (unpaired) electrons. The van der Waals surface area contributed by atoms with Crippen LogP contribution in [0.1, 0.15) is 57.4 Å². The minimum absolute atomic E-state index is 0.121. The van der Waals surface area contributed by atoms with Crippen LogP contribution in [0.5, 0.6) is 5.75 Å². The molecule has 0 atom stereocenters. The molecule has 4 aliphatic rings. The van der Waals surface area contributed by atoms with Gasteiger partial charge in [-0.05, 0) is 69.1 Å². The molecule has 4 fully saturated rings. The number of hydrogen-bond acceptors (Lipinski definition) is 8. The van der Waals surface area contributed by atoms with Gasteiger partial charge >= 0.3 is 0 Å². The smallest absolute Gasteiger partial charge is 0.146 e. The third-order valence-corrected chi connectivity index (χ3v) is 9.25. The van der Waals surface area contributed by atoms with Gasteiger partial charge in [-0.1, -0.05) is 12.1 Å². The summed E-state index contributed by atoms with van der Waals surface area (Å²) in [5, 5.41) is 21.9. The number of β-amino-alcohol motifs (C(OH)–C–C–N with tert-alkyl or cyclic N) is 1. The molecule has 2 bridgehead atoms. The molecule has 38 heavy (non-hydrogen) atoms. The first-order valence-corrected chi connectivity index (χ1v) is 14.0. The standard InChI is InChI=1S/C29H37N5O4/c30-26-25-24(19-2-1-3-23(12-19)37-17-29-8-4-22(38-29)5-9-29)15-34(27(25)32-18-31-26)20-13-28(36,14-20)16-33-10-6-21(35)7-11-33/h1-3,12,15,18,20-22,35-36H,4-11,13-14,16-17H2,(H2,30,31,32). The van der Waals surface area contributed by atoms with Crippen LogP contribution < -0.4 is 10.5 Å². The zero-order chi connectivity index (χ0) is 25.9. The van der Waals surface area contributed by atoms with Crippen molar-refractivity contribution in [1.82, 2.24) is 19.4 Å². The number of hydrogen-bond donors (Lipinski definition) is 3. The SMILES string of the molecule is Nc1ncnc2c1c(-c1cccc(OCC34CCC(CC3)O4)c1)cn2C1CC(O)(CN2CCC(O)CC2)C1. The number of aromatic nitrogens is 3. The number of aliphatic hydroxyl groups excluding tert-OH is 1. The van der Waals surface area contributed by atoms with Crippen LogP contribution in [0.4, 0.5) is 5.82 Å². The molecule has 1 aliphatic carbocycles. The number of nitrogen functional groups attached to an aromatic ring is 1. The number of ether oxygens (including phenoxy) is 2. The van der Waals surface area contributed by atoms with Crippen LogP contribution in [-0.4, -0.2) is 79.3 Å². The number of benzene rings is 1. The first-order chi connectivity index (χ1) is 18.4. The zero-order valence-corrected chi connectivity index (χ0v) is 21.8. The predicted molar refractivity (Wildman–Crippen MR) is 144 cm³/mol. The summed E-state index contributed by atoms with van der Waals surface area (Å²) in [6.45, 7) is 2.89. The van der Waals surface area contributed by atoms with E-state index in [-0.39, 0.29) is 17.7 Å². The van der Waals surface area contributed by atoms with E-state index >= 15 is 0 Å². The average Bonchev–Trinajstić information content (AvgIpc) is 3.62. The van der Waals surface area contributed by atoms with Gasteiger partial charge in [0.05, 0.1) is 23.2 Å². The van der Waals surface area contributed by atoms with E-state index in [0.29, 0.717) is 37.9 Å². The zero-order valence-electron chi connectivity index (χ0n) is 21.8. The molecule has 0 amide bonds. The predicted octanol–water partition coefficient (Wildman–Crippen LogP) is 3.29. The van der Waals surface area contributed by atoms with Crippen LogP contribution in [-0.2, 0) is 4.74 Å². The van der Waals surface area contributed by atoms with E-state index in [1.54, 1.807) is 0 Å². The molecule has 1 aromatic carbocycles. The fourth-order valence-corrected chi connectivity index (χ4v) is 7.10. The van der Waals surface area contributed by atoms with Crippen LogP contribution in [0.15, 0.2) is 36.8 Å². The summed E-state index contributed by atoms with van der Waals surface area (Å²) in [5.41, 5.74) is 8.31. The van der Waals surface area contributed by atoms with Gasteiger partial charge in [0.25, 0.3) is 0 Å². The number of rotatable bonds is 7. The van der Waals surface area contributed by atoms with Gasteiger partial charge in [0.1, 0.15) is 35.7 Å². The molecule has 1 saturated carbocycles. The molecule has 0 spiro atoms. The second-order valence-electron chi connectivity index (χ2n) is 12.0. The van der Waals surface area contributed by atoms with Gasteiger partial charge in [0.15, 0.2) is 0 Å². The monoisotopic (exact) mass is 519 g/mol. The van der Waals surface area contributed by atoms with Gasteiger partial charge in [0, 0.05) is 37.4 Å². The minimum atomic E-state index is -0.725. The molecule has 3 aliphatic heterocycles. The Bertz CT molecular complexity index is 1320. The van der Waals surface area contributed by atoms with Gasteiger partial charge in [0.2, 0.25) is 0 Å². The van der Waals surface area contributed by atoms with Crippen molar-refractivity contribution in [2.75, 3.05) is 32.0 Å². The number of fused-ring (bicyclic) bond motifs is 3. The molecule has 2 aromatic heterocycles. The highest BCUT2D eigenvalue weighted by atomic mass is 16.6. The maximum absolute atomic E-state index is 11.2. The van der Waals surface area contributed by atoms with Crippen LogP contribution in [0, 0.1) is 0 Å². The highest BCUT2D eigenvalue weighted by Crippen LogP contribution is 2.46. The quantitative estimate of drug-likeness (QED) is 0.435. The van der Waals surface area contributed by atoms with E-state index in [1.165, 1.54) is 6.33 Å². The summed E-state index contributed by atoms with van der Waals surface area (Å²) in [5.74, 6) is 1.27. The minimum Gasteiger partial charge on any atom is -0.491 e. The van der Waals surface area contributed by atoms with Crippen molar-refractivity contribution >= 4 is 16.9 Å². The van der Waals surface area contributed by atoms with Crippen molar-refractivity contribution < 1.29 is 19.7 Å². The van der Waals surface area contributed by atoms with Crippen molar-refractivity contribution in [3.63, 3.8) is 0 Å². The lowest BCUT2D eigenvalue weighted by molar-refractivity contribution is -0.0932. The molecule has 3 saturated heterocycles. The summed E-state index contributed by atoms with van der Waals surface area (Å²) in [6.07, 6.45) is 11.1. The first-order valence-electron chi connectivity index (χ1n) is 14.0. The Morgan fingerprint density at radius 3 is 2.63 bits per heavy atom. The van der Waals surface area contributed by atoms with Gasteiger partial charge < -0.3 is 34.9 Å². The van der Waals surface area contributed by atoms with E-state index in [1.807, 2.05) is 12.1 Å². The molecule has 9 heteroatoms. The molecule has 9 nitrogen and oxygen atoms in total. The molecule has 7 rings (SSSR count). The summed E-state index contributed by atoms with van der Waals surface area (Å²) < 4.78 is 14.6. The van der Waals surface area contributed by atoms with E-state index < -0.39 is 5.60 Å². The van der Waals surface area contributed by atoms with Crippen LogP contribution in [0.2, 0.25) is 0 Å². The Kier molecular flexibility index (Phi) is 5.88. The second kappa shape index (κ2) is 9.19. The fraction of sp³-hybridized carbons (Fsp3) is 0.586. The fourth-order valence-electron chi connectivity index (χ4n) is 7.10. The van der Waals surface area contributed by atoms with Crippen molar-refractivity contribution in [3.05, 3.63) is 36.8 Å². The number of nitrogens with zero attached hydrogens (tertiary/aromatic N) is 4. The summed E-state index contributed by atoms with van der Waals surface area (Å²) >= 11 is 0. The largest absolute Gasteiger partial charge is 0.491 e. The lowest BCUT2D eigenvalue weighted by atomic mass is 9.75. The summed E-state index contributed by atoms with van der Waals surface area (Å²) in [6, 6.07) is 8.26. The third-order valence-electron chi connectivity index (χ3n) is 9.25. The van der Waals surface area contributed by atoms with Crippen LogP contribution >= 0.6 is 0 Å². The Labute approximate surface area is 222 Å². The Hall–Kier alpha value is -2.72. The molecular formula is C29H37N5O4. The van der Waals surface area contributed by atoms with Gasteiger partial charge in [-0.3, -0.25) is 0 Å². The van der Waals surface area contributed by atoms with Crippen LogP contribution in [0.3, 0.4) is 0 Å². The molecule has 5 heterocycles. The third kappa shape index (κ3) is 4.35. The van der Waals surface area contributed by atoms with Gasteiger partial charge in [-0.25, -0.2) is 9.97 Å². The number of nitrogens with two attached hydrogens (primary N) is 1. The lowest BCUT2D eigenvalue weighted by Gasteiger charge is -2.47. The summed E-state index contributed by atoms with van der Waals surface area (Å²) in [4.78, 5) is 11.2. The molecule has 3 aromatic rings. The Morgan fingerprint density at radius 1 is 1.11 bits per heavy atom. The van der Waals surface area contributed by atoms with Crippen molar-refractivity contribution in [2.24, 2.45) is 0 Å². The second-order valence-corrected chi connectivity index (χ2v) is 12.0. The first kappa shape index (κ1) is 24.3. The number of piperidine rings is 1. The van der Waals surface area contributed by atoms with E-state index in [0.717, 1.165) is 79.5 Å². The molecule has 4 N–H and O–H groups in total. The van der Waals surface area contributed by atoms with E-state index in [9.17, 15) is 10.2 Å². The summed E-state index contributed by atoms with van der Waals surface area (Å²) in [7, 11) is 0. The van der Waals surface area contributed by atoms with Crippen molar-refractivity contribution in [1.29, 1.82) is 0 Å². The van der Waals surface area contributed by atoms with Crippen molar-refractivity contribution in [3.8, 4) is 16.9 Å². The Morgan fingerprint density at radius 2 is 1.89 bits per heavy atom. The maximum atomic E-state index is 11.2. The van der Waals surface area contributed by atoms with Crippen molar-refractivity contribution in [2.45, 2.75) is 80.8 Å². The molecule has 202 valence electrons. The van der Waals surface area contributed by atoms with Crippen LogP contribution in [0.25, 0.3) is 22.2 Å². The number of likely N-dealkylation sites (tertiary alicyclic amines) is 1. The van der Waals surface area contributed by atoms with Gasteiger partial charge in [-0.15, -0.1) is 0 Å². The van der Waals surface area contributed by atoms with E-state index in [2.05, 4.69) is 37.8 Å². The average molecular weight is 520 g/mol. The topological polar surface area (TPSA) is 119 Å². The highest BCUT2D eigenvalue weighted by Gasteiger charge is 2.47. The lowest BCUT2D eigenvalue weighted by Crippen LogP contribution is -2.54. The molecular weight excluding hydrogens is 482 g/mol. The maximum Gasteiger partial charge on any atom is 0.146 e. The normalized spacial score (nSPS) is 31.6. The van der Waals surface area contributed by atoms with E-state index in [4.69, 9.17) is 15.2 Å². The van der Waals surface area contributed by atoms with Gasteiger partial charge in [-0.2, -0.15) is 0 Å².